The molecule has 5 nitrogen and oxygen atoms in total. The van der Waals surface area contributed by atoms with Crippen molar-refractivity contribution in [2.45, 2.75) is 18.9 Å². The fourth-order valence-electron chi connectivity index (χ4n) is 3.51. The summed E-state index contributed by atoms with van der Waals surface area (Å²) >= 11 is 0. The number of carbonyl (C=O) groups excluding carboxylic acids is 2. The molecule has 1 saturated heterocycles. The summed E-state index contributed by atoms with van der Waals surface area (Å²) in [5.74, 6) is -0.0582. The third kappa shape index (κ3) is 3.45. The molecule has 0 radical (unpaired) electrons. The molecule has 1 aromatic rings. The molecule has 1 heterocycles. The molecule has 0 saturated carbocycles. The third-order valence-corrected chi connectivity index (χ3v) is 4.64. The summed E-state index contributed by atoms with van der Waals surface area (Å²) in [5.41, 5.74) is 2.69. The number of benzene rings is 1. The maximum atomic E-state index is 12.6. The molecule has 1 fully saturated rings. The zero-order chi connectivity index (χ0) is 16.2. The minimum Gasteiger partial charge on any atom is -0.353 e. The van der Waals surface area contributed by atoms with Crippen LogP contribution in [0.5, 0.6) is 0 Å². The van der Waals surface area contributed by atoms with E-state index in [4.69, 9.17) is 0 Å². The number of piperazine rings is 1. The molecule has 0 aromatic heterocycles. The summed E-state index contributed by atoms with van der Waals surface area (Å²) < 4.78 is 0. The zero-order valence-corrected chi connectivity index (χ0v) is 13.3. The number of nitrogens with zero attached hydrogens (tertiary/aromatic N) is 2. The van der Waals surface area contributed by atoms with E-state index >= 15 is 0 Å². The molecule has 1 N–H and O–H groups in total. The van der Waals surface area contributed by atoms with Crippen molar-refractivity contribution in [2.75, 3.05) is 32.7 Å². The first-order chi connectivity index (χ1) is 11.2. The fourth-order valence-corrected chi connectivity index (χ4v) is 3.51. The Labute approximate surface area is 137 Å². The average molecular weight is 313 g/mol. The maximum Gasteiger partial charge on any atom is 0.239 e. The van der Waals surface area contributed by atoms with Gasteiger partial charge in [-0.15, -0.1) is 6.58 Å². The Balaban J connectivity index is 1.71. The molecule has 5 heteroatoms. The van der Waals surface area contributed by atoms with Gasteiger partial charge < -0.3 is 10.2 Å². The van der Waals surface area contributed by atoms with Crippen LogP contribution in [0.25, 0.3) is 0 Å². The van der Waals surface area contributed by atoms with Gasteiger partial charge in [-0.25, -0.2) is 0 Å². The van der Waals surface area contributed by atoms with E-state index in [2.05, 4.69) is 41.1 Å². The van der Waals surface area contributed by atoms with E-state index in [1.165, 1.54) is 11.1 Å². The van der Waals surface area contributed by atoms with Crippen LogP contribution in [0.2, 0.25) is 0 Å². The van der Waals surface area contributed by atoms with Crippen LogP contribution in [-0.2, 0) is 16.0 Å². The van der Waals surface area contributed by atoms with Gasteiger partial charge in [-0.3, -0.25) is 14.5 Å². The molecule has 1 aliphatic carbocycles. The van der Waals surface area contributed by atoms with E-state index in [-0.39, 0.29) is 24.4 Å². The van der Waals surface area contributed by atoms with Gasteiger partial charge in [0, 0.05) is 25.7 Å². The molecule has 1 unspecified atom stereocenters. The molecule has 1 aromatic carbocycles. The zero-order valence-electron chi connectivity index (χ0n) is 13.3. The predicted molar refractivity (Wildman–Crippen MR) is 88.9 cm³/mol. The molecule has 0 bridgehead atoms. The van der Waals surface area contributed by atoms with Gasteiger partial charge in [0.1, 0.15) is 0 Å². The van der Waals surface area contributed by atoms with Crippen molar-refractivity contribution < 1.29 is 9.59 Å². The lowest BCUT2D eigenvalue weighted by Gasteiger charge is -2.32. The monoisotopic (exact) mass is 313 g/mol. The molecule has 2 aliphatic rings. The highest BCUT2D eigenvalue weighted by Gasteiger charge is 2.30. The summed E-state index contributed by atoms with van der Waals surface area (Å²) in [5, 5.41) is 2.75. The van der Waals surface area contributed by atoms with Crippen LogP contribution >= 0.6 is 0 Å². The van der Waals surface area contributed by atoms with Gasteiger partial charge in [0.05, 0.1) is 13.1 Å². The Morgan fingerprint density at radius 3 is 3.04 bits per heavy atom. The average Bonchev–Trinajstić information content (AvgIpc) is 2.98. The Kier molecular flexibility index (Phi) is 4.76. The Bertz CT molecular complexity index is 614. The smallest absolute Gasteiger partial charge is 0.239 e. The largest absolute Gasteiger partial charge is 0.353 e. The first-order valence-electron chi connectivity index (χ1n) is 8.16. The van der Waals surface area contributed by atoms with Gasteiger partial charge in [0.25, 0.3) is 0 Å². The van der Waals surface area contributed by atoms with Crippen LogP contribution in [0.4, 0.5) is 0 Å². The van der Waals surface area contributed by atoms with Crippen LogP contribution in [0.1, 0.15) is 23.6 Å². The van der Waals surface area contributed by atoms with Crippen molar-refractivity contribution in [3.8, 4) is 0 Å². The number of fused-ring (bicyclic) bond motifs is 1. The van der Waals surface area contributed by atoms with Gasteiger partial charge in [0.2, 0.25) is 11.8 Å². The van der Waals surface area contributed by atoms with Crippen LogP contribution in [0, 0.1) is 0 Å². The van der Waals surface area contributed by atoms with Crippen molar-refractivity contribution in [1.29, 1.82) is 0 Å². The lowest BCUT2D eigenvalue weighted by Crippen LogP contribution is -2.52. The molecule has 1 atom stereocenters. The summed E-state index contributed by atoms with van der Waals surface area (Å²) in [6.45, 7) is 6.13. The molecule has 0 spiro atoms. The summed E-state index contributed by atoms with van der Waals surface area (Å²) in [4.78, 5) is 27.9. The molecular formula is C18H23N3O2. The summed E-state index contributed by atoms with van der Waals surface area (Å²) in [6.07, 6.45) is 3.92. The number of hydrogen-bond donors (Lipinski definition) is 1. The van der Waals surface area contributed by atoms with Crippen molar-refractivity contribution in [2.24, 2.45) is 0 Å². The molecule has 1 aliphatic heterocycles. The van der Waals surface area contributed by atoms with Gasteiger partial charge >= 0.3 is 0 Å². The number of hydrogen-bond acceptors (Lipinski definition) is 3. The van der Waals surface area contributed by atoms with Gasteiger partial charge in [-0.2, -0.15) is 0 Å². The SMILES string of the molecule is C=CCN(CC(=O)N1CCNC(=O)C1)C1CCc2ccccc21. The topological polar surface area (TPSA) is 52.7 Å². The first-order valence-corrected chi connectivity index (χ1v) is 8.16. The standard InChI is InChI=1S/C18H23N3O2/c1-2-10-20(13-18(23)21-11-9-19-17(22)12-21)16-8-7-14-5-3-4-6-15(14)16/h2-6,16H,1,7-13H2,(H,19,22). The predicted octanol–water partition coefficient (Wildman–Crippen LogP) is 1.12. The van der Waals surface area contributed by atoms with Crippen LogP contribution in [0.15, 0.2) is 36.9 Å². The quantitative estimate of drug-likeness (QED) is 0.829. The Morgan fingerprint density at radius 1 is 1.43 bits per heavy atom. The molecule has 122 valence electrons. The molecule has 2 amide bonds. The minimum absolute atomic E-state index is 0.0195. The first kappa shape index (κ1) is 15.7. The maximum absolute atomic E-state index is 12.6. The number of amides is 2. The Hall–Kier alpha value is -2.14. The number of rotatable bonds is 5. The highest BCUT2D eigenvalue weighted by molar-refractivity contribution is 5.86. The summed E-state index contributed by atoms with van der Waals surface area (Å²) in [6, 6.07) is 8.70. The van der Waals surface area contributed by atoms with E-state index in [1.54, 1.807) is 4.90 Å². The number of nitrogens with one attached hydrogen (secondary N) is 1. The van der Waals surface area contributed by atoms with E-state index in [0.717, 1.165) is 12.8 Å². The summed E-state index contributed by atoms with van der Waals surface area (Å²) in [7, 11) is 0. The normalized spacial score (nSPS) is 20.3. The second kappa shape index (κ2) is 6.96. The van der Waals surface area contributed by atoms with E-state index in [0.29, 0.717) is 26.2 Å². The molecule has 3 rings (SSSR count). The van der Waals surface area contributed by atoms with Crippen LogP contribution < -0.4 is 5.32 Å². The van der Waals surface area contributed by atoms with Crippen LogP contribution in [-0.4, -0.2) is 54.3 Å². The van der Waals surface area contributed by atoms with Gasteiger partial charge in [-0.1, -0.05) is 30.3 Å². The second-order valence-electron chi connectivity index (χ2n) is 6.14. The molecule has 23 heavy (non-hydrogen) atoms. The van der Waals surface area contributed by atoms with Crippen LogP contribution in [0.3, 0.4) is 0 Å². The lowest BCUT2D eigenvalue weighted by molar-refractivity contribution is -0.139. The lowest BCUT2D eigenvalue weighted by atomic mass is 10.1. The van der Waals surface area contributed by atoms with Crippen molar-refractivity contribution in [1.82, 2.24) is 15.1 Å². The van der Waals surface area contributed by atoms with Crippen molar-refractivity contribution in [3.63, 3.8) is 0 Å². The van der Waals surface area contributed by atoms with E-state index in [1.807, 2.05) is 6.08 Å². The molecular weight excluding hydrogens is 290 g/mol. The second-order valence-corrected chi connectivity index (χ2v) is 6.14. The minimum atomic E-state index is -0.0777. The highest BCUT2D eigenvalue weighted by atomic mass is 16.2. The van der Waals surface area contributed by atoms with Gasteiger partial charge in [0.15, 0.2) is 0 Å². The fraction of sp³-hybridized carbons (Fsp3) is 0.444. The number of carbonyl (C=O) groups is 2. The third-order valence-electron chi connectivity index (χ3n) is 4.64. The van der Waals surface area contributed by atoms with Gasteiger partial charge in [-0.05, 0) is 24.0 Å². The highest BCUT2D eigenvalue weighted by Crippen LogP contribution is 2.35. The van der Waals surface area contributed by atoms with E-state index in [9.17, 15) is 9.59 Å². The van der Waals surface area contributed by atoms with E-state index < -0.39 is 0 Å². The van der Waals surface area contributed by atoms with Crippen molar-refractivity contribution in [3.05, 3.63) is 48.0 Å². The Morgan fingerprint density at radius 2 is 2.26 bits per heavy atom. The number of aryl methyl sites for hydroxylation is 1. The van der Waals surface area contributed by atoms with Crippen molar-refractivity contribution >= 4 is 11.8 Å².